The Labute approximate surface area is 152 Å². The van der Waals surface area contributed by atoms with E-state index >= 15 is 0 Å². The SMILES string of the molecule is C[C@@H]1CCc2onc(C(=O)N3CCN(c4ccc(Cl)cc4)CC3)c2C1. The van der Waals surface area contributed by atoms with Gasteiger partial charge in [-0.25, -0.2) is 0 Å². The van der Waals surface area contributed by atoms with E-state index in [1.54, 1.807) is 0 Å². The summed E-state index contributed by atoms with van der Waals surface area (Å²) in [4.78, 5) is 17.1. The van der Waals surface area contributed by atoms with Crippen molar-refractivity contribution in [3.05, 3.63) is 46.3 Å². The Morgan fingerprint density at radius 2 is 1.92 bits per heavy atom. The summed E-state index contributed by atoms with van der Waals surface area (Å²) in [5.41, 5.74) is 2.70. The van der Waals surface area contributed by atoms with Crippen LogP contribution in [-0.4, -0.2) is 42.1 Å². The van der Waals surface area contributed by atoms with Crippen molar-refractivity contribution in [2.75, 3.05) is 31.1 Å². The second-order valence-corrected chi connectivity index (χ2v) is 7.47. The zero-order chi connectivity index (χ0) is 17.4. The first-order valence-electron chi connectivity index (χ1n) is 8.89. The van der Waals surface area contributed by atoms with Crippen molar-refractivity contribution in [1.29, 1.82) is 0 Å². The summed E-state index contributed by atoms with van der Waals surface area (Å²) < 4.78 is 5.43. The molecule has 1 aromatic carbocycles. The first-order valence-corrected chi connectivity index (χ1v) is 9.27. The van der Waals surface area contributed by atoms with Crippen molar-refractivity contribution >= 4 is 23.2 Å². The third-order valence-corrected chi connectivity index (χ3v) is 5.50. The highest BCUT2D eigenvalue weighted by molar-refractivity contribution is 6.30. The predicted octanol–water partition coefficient (Wildman–Crippen LogP) is 3.42. The van der Waals surface area contributed by atoms with E-state index in [9.17, 15) is 4.79 Å². The lowest BCUT2D eigenvalue weighted by Crippen LogP contribution is -2.49. The lowest BCUT2D eigenvalue weighted by atomic mass is 9.88. The highest BCUT2D eigenvalue weighted by Gasteiger charge is 2.31. The Morgan fingerprint density at radius 1 is 1.20 bits per heavy atom. The van der Waals surface area contributed by atoms with Crippen molar-refractivity contribution < 1.29 is 9.32 Å². The van der Waals surface area contributed by atoms with E-state index < -0.39 is 0 Å². The van der Waals surface area contributed by atoms with Crippen molar-refractivity contribution in [3.8, 4) is 0 Å². The van der Waals surface area contributed by atoms with E-state index in [0.29, 0.717) is 24.7 Å². The van der Waals surface area contributed by atoms with E-state index in [0.717, 1.165) is 54.4 Å². The Morgan fingerprint density at radius 3 is 2.64 bits per heavy atom. The third-order valence-electron chi connectivity index (χ3n) is 5.25. The number of rotatable bonds is 2. The van der Waals surface area contributed by atoms with Crippen molar-refractivity contribution in [2.45, 2.75) is 26.2 Å². The number of halogens is 1. The molecule has 1 aromatic heterocycles. The van der Waals surface area contributed by atoms with E-state index in [-0.39, 0.29) is 5.91 Å². The smallest absolute Gasteiger partial charge is 0.276 e. The van der Waals surface area contributed by atoms with Crippen LogP contribution < -0.4 is 4.90 Å². The molecule has 4 rings (SSSR count). The number of hydrogen-bond donors (Lipinski definition) is 0. The summed E-state index contributed by atoms with van der Waals surface area (Å²) >= 11 is 5.95. The number of anilines is 1. The number of fused-ring (bicyclic) bond motifs is 1. The number of hydrogen-bond acceptors (Lipinski definition) is 4. The van der Waals surface area contributed by atoms with Gasteiger partial charge in [0.05, 0.1) is 0 Å². The second-order valence-electron chi connectivity index (χ2n) is 7.04. The van der Waals surface area contributed by atoms with Crippen LogP contribution >= 0.6 is 11.6 Å². The summed E-state index contributed by atoms with van der Waals surface area (Å²) in [5, 5.41) is 4.84. The zero-order valence-corrected chi connectivity index (χ0v) is 15.1. The average Bonchev–Trinajstić information content (AvgIpc) is 3.05. The number of aromatic nitrogens is 1. The van der Waals surface area contributed by atoms with Crippen molar-refractivity contribution in [2.24, 2.45) is 5.92 Å². The van der Waals surface area contributed by atoms with Gasteiger partial charge in [0.25, 0.3) is 5.91 Å². The minimum Gasteiger partial charge on any atom is -0.368 e. The van der Waals surface area contributed by atoms with E-state index in [2.05, 4.69) is 17.0 Å². The average molecular weight is 360 g/mol. The fourth-order valence-electron chi connectivity index (χ4n) is 3.72. The molecule has 2 heterocycles. The molecule has 0 bridgehead atoms. The molecule has 5 nitrogen and oxygen atoms in total. The van der Waals surface area contributed by atoms with Crippen LogP contribution in [0.25, 0.3) is 0 Å². The Bertz CT molecular complexity index is 763. The Balaban J connectivity index is 1.43. The Hall–Kier alpha value is -2.01. The highest BCUT2D eigenvalue weighted by Crippen LogP contribution is 2.29. The molecular formula is C19H22ClN3O2. The number of carbonyl (C=O) groups is 1. The van der Waals surface area contributed by atoms with Gasteiger partial charge in [0, 0.05) is 48.9 Å². The molecule has 0 unspecified atom stereocenters. The second kappa shape index (κ2) is 6.71. The molecule has 0 radical (unpaired) electrons. The first-order chi connectivity index (χ1) is 12.1. The normalized spacial score (nSPS) is 20.5. The standard InChI is InChI=1S/C19H22ClN3O2/c1-13-2-7-17-16(12-13)18(21-25-17)19(24)23-10-8-22(9-11-23)15-5-3-14(20)4-6-15/h3-6,13H,2,7-12H2,1H3/t13-/m1/s1. The van der Waals surface area contributed by atoms with Crippen LogP contribution in [0.1, 0.15) is 35.2 Å². The summed E-state index contributed by atoms with van der Waals surface area (Å²) in [7, 11) is 0. The number of amides is 1. The predicted molar refractivity (Wildman–Crippen MR) is 97.3 cm³/mol. The molecule has 6 heteroatoms. The molecule has 1 amide bonds. The maximum absolute atomic E-state index is 12.9. The minimum atomic E-state index is 0.00913. The number of aryl methyl sites for hydroxylation is 1. The van der Waals surface area contributed by atoms with Crippen LogP contribution in [0, 0.1) is 5.92 Å². The molecular weight excluding hydrogens is 338 g/mol. The van der Waals surface area contributed by atoms with Gasteiger partial charge in [0.15, 0.2) is 5.69 Å². The zero-order valence-electron chi connectivity index (χ0n) is 14.4. The van der Waals surface area contributed by atoms with Crippen LogP contribution in [0.5, 0.6) is 0 Å². The van der Waals surface area contributed by atoms with Crippen LogP contribution in [0.4, 0.5) is 5.69 Å². The van der Waals surface area contributed by atoms with Gasteiger partial charge in [0.1, 0.15) is 5.76 Å². The van der Waals surface area contributed by atoms with E-state index in [4.69, 9.17) is 16.1 Å². The van der Waals surface area contributed by atoms with Crippen molar-refractivity contribution in [3.63, 3.8) is 0 Å². The number of benzene rings is 1. The van der Waals surface area contributed by atoms with Crippen molar-refractivity contribution in [1.82, 2.24) is 10.1 Å². The van der Waals surface area contributed by atoms with Crippen LogP contribution in [0.15, 0.2) is 28.8 Å². The van der Waals surface area contributed by atoms with Crippen LogP contribution in [0.3, 0.4) is 0 Å². The monoisotopic (exact) mass is 359 g/mol. The van der Waals surface area contributed by atoms with Gasteiger partial charge in [-0.1, -0.05) is 23.7 Å². The van der Waals surface area contributed by atoms with Crippen LogP contribution in [0.2, 0.25) is 5.02 Å². The number of carbonyl (C=O) groups excluding carboxylic acids is 1. The van der Waals surface area contributed by atoms with Gasteiger partial charge < -0.3 is 14.3 Å². The topological polar surface area (TPSA) is 49.6 Å². The lowest BCUT2D eigenvalue weighted by molar-refractivity contribution is 0.0735. The fourth-order valence-corrected chi connectivity index (χ4v) is 3.84. The third kappa shape index (κ3) is 3.25. The maximum Gasteiger partial charge on any atom is 0.276 e. The van der Waals surface area contributed by atoms with Crippen LogP contribution in [-0.2, 0) is 12.8 Å². The Kier molecular flexibility index (Phi) is 4.42. The summed E-state index contributed by atoms with van der Waals surface area (Å²) in [6, 6.07) is 7.85. The van der Waals surface area contributed by atoms with E-state index in [1.807, 2.05) is 29.2 Å². The molecule has 1 saturated heterocycles. The van der Waals surface area contributed by atoms with Gasteiger partial charge >= 0.3 is 0 Å². The quantitative estimate of drug-likeness (QED) is 0.824. The van der Waals surface area contributed by atoms with Gasteiger partial charge in [-0.05, 0) is 43.0 Å². The highest BCUT2D eigenvalue weighted by atomic mass is 35.5. The van der Waals surface area contributed by atoms with Gasteiger partial charge in [0.2, 0.25) is 0 Å². The van der Waals surface area contributed by atoms with Gasteiger partial charge in [-0.3, -0.25) is 4.79 Å². The molecule has 1 atom stereocenters. The molecule has 25 heavy (non-hydrogen) atoms. The maximum atomic E-state index is 12.9. The molecule has 2 aliphatic rings. The molecule has 0 saturated carbocycles. The number of piperazine rings is 1. The van der Waals surface area contributed by atoms with Gasteiger partial charge in [-0.15, -0.1) is 0 Å². The molecule has 2 aromatic rings. The lowest BCUT2D eigenvalue weighted by Gasteiger charge is -2.36. The molecule has 1 fully saturated rings. The van der Waals surface area contributed by atoms with E-state index in [1.165, 1.54) is 0 Å². The molecule has 1 aliphatic carbocycles. The fraction of sp³-hybridized carbons (Fsp3) is 0.474. The molecule has 1 aliphatic heterocycles. The summed E-state index contributed by atoms with van der Waals surface area (Å²) in [6.07, 6.45) is 2.89. The largest absolute Gasteiger partial charge is 0.368 e. The summed E-state index contributed by atoms with van der Waals surface area (Å²) in [6.45, 7) is 5.22. The first kappa shape index (κ1) is 16.5. The molecule has 0 spiro atoms. The van der Waals surface area contributed by atoms with Gasteiger partial charge in [-0.2, -0.15) is 0 Å². The minimum absolute atomic E-state index is 0.00913. The molecule has 132 valence electrons. The molecule has 0 N–H and O–H groups in total. The summed E-state index contributed by atoms with van der Waals surface area (Å²) in [5.74, 6) is 1.50. The number of nitrogens with zero attached hydrogens (tertiary/aromatic N) is 3.